The topological polar surface area (TPSA) is 32.3 Å². The predicted octanol–water partition coefficient (Wildman–Crippen LogP) is 5.93. The van der Waals surface area contributed by atoms with Crippen LogP contribution in [0.4, 0.5) is 5.69 Å². The van der Waals surface area contributed by atoms with Crippen LogP contribution in [-0.4, -0.2) is 18.5 Å². The second-order valence-electron chi connectivity index (χ2n) is 8.66. The van der Waals surface area contributed by atoms with E-state index in [1.807, 2.05) is 35.2 Å². The fourth-order valence-corrected chi connectivity index (χ4v) is 3.70. The summed E-state index contributed by atoms with van der Waals surface area (Å²) in [6, 6.07) is 24.7. The van der Waals surface area contributed by atoms with E-state index in [1.54, 1.807) is 0 Å². The number of carbonyl (C=O) groups excluding carboxylic acids is 1. The number of hydrogen-bond donors (Lipinski definition) is 1. The summed E-state index contributed by atoms with van der Waals surface area (Å²) in [6.45, 7) is 11.1. The van der Waals surface area contributed by atoms with Gasteiger partial charge in [-0.25, -0.2) is 0 Å². The van der Waals surface area contributed by atoms with E-state index in [4.69, 9.17) is 0 Å². The van der Waals surface area contributed by atoms with Crippen LogP contribution in [0.5, 0.6) is 0 Å². The number of benzene rings is 3. The van der Waals surface area contributed by atoms with Gasteiger partial charge >= 0.3 is 0 Å². The molecule has 31 heavy (non-hydrogen) atoms. The third-order valence-corrected chi connectivity index (χ3v) is 5.69. The molecule has 162 valence electrons. The molecule has 0 aliphatic rings. The Kier molecular flexibility index (Phi) is 7.64. The van der Waals surface area contributed by atoms with Gasteiger partial charge in [0.05, 0.1) is 0 Å². The monoisotopic (exact) mass is 414 g/mol. The fourth-order valence-electron chi connectivity index (χ4n) is 3.70. The molecule has 3 aromatic rings. The van der Waals surface area contributed by atoms with Gasteiger partial charge in [0.15, 0.2) is 0 Å². The Balaban J connectivity index is 1.95. The molecule has 1 unspecified atom stereocenters. The molecule has 3 heteroatoms. The number of aryl methyl sites for hydroxylation is 3. The molecule has 3 nitrogen and oxygen atoms in total. The van der Waals surface area contributed by atoms with Crippen LogP contribution in [0.15, 0.2) is 72.8 Å². The van der Waals surface area contributed by atoms with Crippen LogP contribution in [0.1, 0.15) is 47.7 Å². The van der Waals surface area contributed by atoms with Crippen molar-refractivity contribution in [1.29, 1.82) is 0 Å². The molecule has 0 bridgehead atoms. The molecule has 3 rings (SSSR count). The van der Waals surface area contributed by atoms with E-state index >= 15 is 0 Å². The van der Waals surface area contributed by atoms with Gasteiger partial charge in [-0.15, -0.1) is 0 Å². The molecular weight excluding hydrogens is 380 g/mol. The molecule has 0 saturated heterocycles. The molecular formula is C28H34N2O. The summed E-state index contributed by atoms with van der Waals surface area (Å²) in [4.78, 5) is 15.9. The lowest BCUT2D eigenvalue weighted by Gasteiger charge is -2.30. The molecule has 1 amide bonds. The average Bonchev–Trinajstić information content (AvgIpc) is 2.76. The molecule has 0 aromatic heterocycles. The van der Waals surface area contributed by atoms with E-state index in [2.05, 4.69) is 82.4 Å². The van der Waals surface area contributed by atoms with Gasteiger partial charge in [0.25, 0.3) is 0 Å². The van der Waals surface area contributed by atoms with Crippen LogP contribution >= 0.6 is 0 Å². The Hall–Kier alpha value is -2.91. The first-order valence-corrected chi connectivity index (χ1v) is 11.1. The summed E-state index contributed by atoms with van der Waals surface area (Å²) in [5.41, 5.74) is 6.85. The maximum Gasteiger partial charge on any atom is 0.248 e. The van der Waals surface area contributed by atoms with Crippen molar-refractivity contribution in [3.05, 3.63) is 101 Å². The zero-order valence-electron chi connectivity index (χ0n) is 19.4. The molecule has 3 aromatic carbocycles. The predicted molar refractivity (Wildman–Crippen MR) is 131 cm³/mol. The van der Waals surface area contributed by atoms with Crippen molar-refractivity contribution in [1.82, 2.24) is 5.32 Å². The molecule has 1 atom stereocenters. The fraction of sp³-hybridized carbons (Fsp3) is 0.321. The SMILES string of the molecule is Cc1ccc(CCN(C(=O)C(NC(C)C)c2ccccc2)c2ccc(C)c(C)c2)cc1. The Labute approximate surface area is 187 Å². The normalized spacial score (nSPS) is 12.1. The van der Waals surface area contributed by atoms with Gasteiger partial charge < -0.3 is 4.90 Å². The Morgan fingerprint density at radius 2 is 1.55 bits per heavy atom. The average molecular weight is 415 g/mol. The van der Waals surface area contributed by atoms with Crippen molar-refractivity contribution >= 4 is 11.6 Å². The highest BCUT2D eigenvalue weighted by Gasteiger charge is 2.27. The third-order valence-electron chi connectivity index (χ3n) is 5.69. The standard InChI is InChI=1S/C28H34N2O/c1-20(2)29-27(25-9-7-6-8-10-25)28(31)30(26-16-13-22(4)23(5)19-26)18-17-24-14-11-21(3)12-15-24/h6-16,19-20,27,29H,17-18H2,1-5H3. The molecule has 0 radical (unpaired) electrons. The lowest BCUT2D eigenvalue weighted by molar-refractivity contribution is -0.121. The van der Waals surface area contributed by atoms with Crippen LogP contribution in [0.2, 0.25) is 0 Å². The quantitative estimate of drug-likeness (QED) is 0.496. The molecule has 0 saturated carbocycles. The highest BCUT2D eigenvalue weighted by atomic mass is 16.2. The Bertz CT molecular complexity index is 993. The van der Waals surface area contributed by atoms with Crippen LogP contribution in [0.25, 0.3) is 0 Å². The zero-order valence-corrected chi connectivity index (χ0v) is 19.4. The molecule has 0 heterocycles. The summed E-state index contributed by atoms with van der Waals surface area (Å²) in [5.74, 6) is 0.0789. The van der Waals surface area contributed by atoms with Crippen molar-refractivity contribution in [3.8, 4) is 0 Å². The van der Waals surface area contributed by atoms with Gasteiger partial charge in [-0.05, 0) is 75.4 Å². The van der Waals surface area contributed by atoms with E-state index in [0.717, 1.165) is 17.7 Å². The lowest BCUT2D eigenvalue weighted by Crippen LogP contribution is -2.44. The number of anilines is 1. The minimum Gasteiger partial charge on any atom is -0.310 e. The summed E-state index contributed by atoms with van der Waals surface area (Å²) in [6.07, 6.45) is 0.808. The van der Waals surface area contributed by atoms with Gasteiger partial charge in [-0.1, -0.05) is 66.2 Å². The maximum absolute atomic E-state index is 13.9. The molecule has 0 fully saturated rings. The second-order valence-corrected chi connectivity index (χ2v) is 8.66. The van der Waals surface area contributed by atoms with Crippen molar-refractivity contribution in [2.75, 3.05) is 11.4 Å². The summed E-state index contributed by atoms with van der Waals surface area (Å²) in [5, 5.41) is 3.49. The largest absolute Gasteiger partial charge is 0.310 e. The maximum atomic E-state index is 13.9. The second kappa shape index (κ2) is 10.4. The van der Waals surface area contributed by atoms with Gasteiger partial charge in [0, 0.05) is 18.3 Å². The van der Waals surface area contributed by atoms with Crippen LogP contribution in [0, 0.1) is 20.8 Å². The van der Waals surface area contributed by atoms with Crippen molar-refractivity contribution in [2.24, 2.45) is 0 Å². The first-order chi connectivity index (χ1) is 14.8. The van der Waals surface area contributed by atoms with Crippen LogP contribution < -0.4 is 10.2 Å². The van der Waals surface area contributed by atoms with E-state index in [0.29, 0.717) is 6.54 Å². The highest BCUT2D eigenvalue weighted by molar-refractivity contribution is 5.98. The van der Waals surface area contributed by atoms with Crippen molar-refractivity contribution in [3.63, 3.8) is 0 Å². The van der Waals surface area contributed by atoms with E-state index in [-0.39, 0.29) is 18.0 Å². The van der Waals surface area contributed by atoms with Gasteiger partial charge in [-0.3, -0.25) is 10.1 Å². The summed E-state index contributed by atoms with van der Waals surface area (Å²) in [7, 11) is 0. The molecule has 0 aliphatic heterocycles. The molecule has 0 spiro atoms. The number of rotatable bonds is 8. The minimum atomic E-state index is -0.388. The number of nitrogens with one attached hydrogen (secondary N) is 1. The van der Waals surface area contributed by atoms with Crippen LogP contribution in [-0.2, 0) is 11.2 Å². The summed E-state index contributed by atoms with van der Waals surface area (Å²) >= 11 is 0. The van der Waals surface area contributed by atoms with Gasteiger partial charge in [0.1, 0.15) is 6.04 Å². The van der Waals surface area contributed by atoms with Crippen LogP contribution in [0.3, 0.4) is 0 Å². The van der Waals surface area contributed by atoms with E-state index in [1.165, 1.54) is 22.3 Å². The zero-order chi connectivity index (χ0) is 22.4. The van der Waals surface area contributed by atoms with Crippen molar-refractivity contribution < 1.29 is 4.79 Å². The highest BCUT2D eigenvalue weighted by Crippen LogP contribution is 2.25. The molecule has 1 N–H and O–H groups in total. The minimum absolute atomic E-state index is 0.0789. The number of carbonyl (C=O) groups is 1. The first-order valence-electron chi connectivity index (χ1n) is 11.1. The summed E-state index contributed by atoms with van der Waals surface area (Å²) < 4.78 is 0. The van der Waals surface area contributed by atoms with Crippen molar-refractivity contribution in [2.45, 2.75) is 53.1 Å². The number of amides is 1. The lowest BCUT2D eigenvalue weighted by atomic mass is 10.0. The van der Waals surface area contributed by atoms with Gasteiger partial charge in [-0.2, -0.15) is 0 Å². The molecule has 0 aliphatic carbocycles. The Morgan fingerprint density at radius 1 is 0.871 bits per heavy atom. The number of hydrogen-bond acceptors (Lipinski definition) is 2. The smallest absolute Gasteiger partial charge is 0.248 e. The third kappa shape index (κ3) is 6.05. The van der Waals surface area contributed by atoms with E-state index in [9.17, 15) is 4.79 Å². The first kappa shape index (κ1) is 22.8. The Morgan fingerprint density at radius 3 is 2.16 bits per heavy atom. The number of nitrogens with zero attached hydrogens (tertiary/aromatic N) is 1. The van der Waals surface area contributed by atoms with E-state index < -0.39 is 0 Å². The van der Waals surface area contributed by atoms with Gasteiger partial charge in [0.2, 0.25) is 5.91 Å².